The second-order valence-electron chi connectivity index (χ2n) is 6.26. The monoisotopic (exact) mass is 422 g/mol. The maximum Gasteiger partial charge on any atom is 0.341 e. The van der Waals surface area contributed by atoms with E-state index in [-0.39, 0.29) is 24.2 Å². The number of thiophene rings is 1. The number of nitrogens with one attached hydrogen (secondary N) is 1. The number of thioether (sulfide) groups is 1. The van der Waals surface area contributed by atoms with Crippen molar-refractivity contribution in [2.45, 2.75) is 51.7 Å². The van der Waals surface area contributed by atoms with Crippen LogP contribution in [-0.4, -0.2) is 39.0 Å². The summed E-state index contributed by atoms with van der Waals surface area (Å²) in [5.41, 5.74) is 0.402. The van der Waals surface area contributed by atoms with Gasteiger partial charge in [0.2, 0.25) is 5.91 Å². The number of hydrogen-bond donors (Lipinski definition) is 1. The van der Waals surface area contributed by atoms with E-state index in [1.54, 1.807) is 19.1 Å². The van der Waals surface area contributed by atoms with Crippen LogP contribution in [0.4, 0.5) is 5.00 Å². The van der Waals surface area contributed by atoms with Gasteiger partial charge in [0.15, 0.2) is 5.16 Å². The maximum absolute atomic E-state index is 12.5. The minimum absolute atomic E-state index is 0.162. The van der Waals surface area contributed by atoms with Crippen LogP contribution in [0.3, 0.4) is 0 Å². The summed E-state index contributed by atoms with van der Waals surface area (Å²) < 4.78 is 7.04. The lowest BCUT2D eigenvalue weighted by molar-refractivity contribution is -0.113. The average molecular weight is 423 g/mol. The first-order valence-electron chi connectivity index (χ1n) is 9.17. The Balaban J connectivity index is 2.08. The first-order valence-corrected chi connectivity index (χ1v) is 11.0. The predicted octanol–water partition coefficient (Wildman–Crippen LogP) is 4.12. The van der Waals surface area contributed by atoms with Crippen LogP contribution in [0.2, 0.25) is 0 Å². The van der Waals surface area contributed by atoms with Crippen molar-refractivity contribution in [1.29, 1.82) is 0 Å². The van der Waals surface area contributed by atoms with Gasteiger partial charge in [0.05, 0.1) is 17.9 Å². The molecule has 2 aromatic rings. The SMILES string of the molecule is C=CCn1c(SCC(=O)Nc2sc(CC)cc2C(=O)OCC)nnc1C(C)C. The Morgan fingerprint density at radius 3 is 2.75 bits per heavy atom. The normalized spacial score (nSPS) is 10.9. The molecule has 28 heavy (non-hydrogen) atoms. The van der Waals surface area contributed by atoms with Crippen molar-refractivity contribution in [3.63, 3.8) is 0 Å². The molecule has 1 amide bonds. The molecule has 0 unspecified atom stereocenters. The van der Waals surface area contributed by atoms with Gasteiger partial charge in [-0.1, -0.05) is 38.6 Å². The number of aryl methyl sites for hydroxylation is 1. The van der Waals surface area contributed by atoms with Crippen LogP contribution in [0.5, 0.6) is 0 Å². The summed E-state index contributed by atoms with van der Waals surface area (Å²) in [4.78, 5) is 25.6. The first-order chi connectivity index (χ1) is 13.4. The van der Waals surface area contributed by atoms with Crippen molar-refractivity contribution in [1.82, 2.24) is 14.8 Å². The third-order valence-electron chi connectivity index (χ3n) is 3.79. The number of anilines is 1. The van der Waals surface area contributed by atoms with E-state index in [1.165, 1.54) is 23.1 Å². The highest BCUT2D eigenvalue weighted by Gasteiger charge is 2.20. The molecule has 9 heteroatoms. The Morgan fingerprint density at radius 1 is 1.39 bits per heavy atom. The molecule has 0 fully saturated rings. The lowest BCUT2D eigenvalue weighted by atomic mass is 10.2. The molecule has 0 bridgehead atoms. The smallest absolute Gasteiger partial charge is 0.341 e. The molecule has 0 saturated carbocycles. The van der Waals surface area contributed by atoms with Gasteiger partial charge < -0.3 is 14.6 Å². The molecule has 0 aliphatic carbocycles. The molecule has 0 saturated heterocycles. The fourth-order valence-electron chi connectivity index (χ4n) is 2.50. The molecule has 7 nitrogen and oxygen atoms in total. The Kier molecular flexibility index (Phi) is 8.25. The molecular formula is C19H26N4O3S2. The van der Waals surface area contributed by atoms with E-state index in [0.717, 1.165) is 17.1 Å². The highest BCUT2D eigenvalue weighted by atomic mass is 32.2. The Bertz CT molecular complexity index is 842. The summed E-state index contributed by atoms with van der Waals surface area (Å²) >= 11 is 2.70. The van der Waals surface area contributed by atoms with Crippen molar-refractivity contribution in [3.8, 4) is 0 Å². The number of carbonyl (C=O) groups is 2. The summed E-state index contributed by atoms with van der Waals surface area (Å²) in [6.45, 7) is 12.5. The van der Waals surface area contributed by atoms with E-state index in [4.69, 9.17) is 4.74 Å². The zero-order chi connectivity index (χ0) is 20.7. The largest absolute Gasteiger partial charge is 0.462 e. The summed E-state index contributed by atoms with van der Waals surface area (Å²) in [6.07, 6.45) is 2.56. The summed E-state index contributed by atoms with van der Waals surface area (Å²) in [6, 6.07) is 1.78. The number of ether oxygens (including phenoxy) is 1. The van der Waals surface area contributed by atoms with Crippen molar-refractivity contribution < 1.29 is 14.3 Å². The molecule has 0 atom stereocenters. The van der Waals surface area contributed by atoms with Crippen LogP contribution in [0, 0.1) is 0 Å². The molecule has 0 aliphatic rings. The second kappa shape index (κ2) is 10.4. The van der Waals surface area contributed by atoms with Crippen molar-refractivity contribution in [2.24, 2.45) is 0 Å². The van der Waals surface area contributed by atoms with E-state index in [9.17, 15) is 9.59 Å². The van der Waals surface area contributed by atoms with Crippen molar-refractivity contribution in [3.05, 3.63) is 35.0 Å². The molecular weight excluding hydrogens is 396 g/mol. The van der Waals surface area contributed by atoms with Crippen LogP contribution in [0.1, 0.15) is 54.7 Å². The van der Waals surface area contributed by atoms with Gasteiger partial charge in [0, 0.05) is 17.3 Å². The van der Waals surface area contributed by atoms with Gasteiger partial charge in [0.1, 0.15) is 10.8 Å². The number of allylic oxidation sites excluding steroid dienone is 1. The quantitative estimate of drug-likeness (QED) is 0.352. The molecule has 2 aromatic heterocycles. The summed E-state index contributed by atoms with van der Waals surface area (Å²) in [5, 5.41) is 12.5. The van der Waals surface area contributed by atoms with Crippen molar-refractivity contribution in [2.75, 3.05) is 17.7 Å². The average Bonchev–Trinajstić information content (AvgIpc) is 3.24. The molecule has 152 valence electrons. The highest BCUT2D eigenvalue weighted by molar-refractivity contribution is 7.99. The van der Waals surface area contributed by atoms with Gasteiger partial charge >= 0.3 is 5.97 Å². The van der Waals surface area contributed by atoms with Crippen LogP contribution in [0.15, 0.2) is 23.9 Å². The molecule has 2 heterocycles. The minimum Gasteiger partial charge on any atom is -0.462 e. The van der Waals surface area contributed by atoms with Gasteiger partial charge in [-0.2, -0.15) is 0 Å². The van der Waals surface area contributed by atoms with Crippen LogP contribution >= 0.6 is 23.1 Å². The molecule has 0 radical (unpaired) electrons. The number of rotatable bonds is 10. The van der Waals surface area contributed by atoms with E-state index in [1.807, 2.05) is 25.3 Å². The fourth-order valence-corrected chi connectivity index (χ4v) is 4.25. The maximum atomic E-state index is 12.5. The van der Waals surface area contributed by atoms with Crippen LogP contribution < -0.4 is 5.32 Å². The van der Waals surface area contributed by atoms with E-state index < -0.39 is 5.97 Å². The Morgan fingerprint density at radius 2 is 2.14 bits per heavy atom. The van der Waals surface area contributed by atoms with Crippen LogP contribution in [0.25, 0.3) is 0 Å². The number of carbonyl (C=O) groups excluding carboxylic acids is 2. The van der Waals surface area contributed by atoms with Crippen LogP contribution in [-0.2, 0) is 22.5 Å². The number of aromatic nitrogens is 3. The summed E-state index contributed by atoms with van der Waals surface area (Å²) in [5.74, 6) is 0.613. The van der Waals surface area contributed by atoms with Gasteiger partial charge in [-0.25, -0.2) is 4.79 Å². The molecule has 0 spiro atoms. The Labute approximate surface area is 173 Å². The van der Waals surface area contributed by atoms with Gasteiger partial charge in [0.25, 0.3) is 0 Å². The van der Waals surface area contributed by atoms with Crippen molar-refractivity contribution >= 4 is 40.0 Å². The minimum atomic E-state index is -0.422. The zero-order valence-corrected chi connectivity index (χ0v) is 18.3. The second-order valence-corrected chi connectivity index (χ2v) is 8.34. The number of amides is 1. The lowest BCUT2D eigenvalue weighted by Gasteiger charge is -2.09. The Hall–Kier alpha value is -2.13. The molecule has 0 aromatic carbocycles. The zero-order valence-electron chi connectivity index (χ0n) is 16.7. The lowest BCUT2D eigenvalue weighted by Crippen LogP contribution is -2.16. The highest BCUT2D eigenvalue weighted by Crippen LogP contribution is 2.30. The third kappa shape index (κ3) is 5.45. The standard InChI is InChI=1S/C19H26N4O3S2/c1-6-9-23-16(12(4)5)21-22-19(23)27-11-15(24)20-17-14(18(25)26-8-3)10-13(7-2)28-17/h6,10,12H,1,7-9,11H2,2-5H3,(H,20,24). The number of esters is 1. The van der Waals surface area contributed by atoms with Gasteiger partial charge in [-0.3, -0.25) is 4.79 Å². The fraction of sp³-hybridized carbons (Fsp3) is 0.474. The molecule has 1 N–H and O–H groups in total. The topological polar surface area (TPSA) is 86.1 Å². The van der Waals surface area contributed by atoms with Gasteiger partial charge in [-0.05, 0) is 19.4 Å². The predicted molar refractivity (Wildman–Crippen MR) is 113 cm³/mol. The molecule has 2 rings (SSSR count). The van der Waals surface area contributed by atoms with E-state index >= 15 is 0 Å². The van der Waals surface area contributed by atoms with E-state index in [2.05, 4.69) is 22.1 Å². The van der Waals surface area contributed by atoms with E-state index in [0.29, 0.717) is 22.3 Å². The number of nitrogens with zero attached hydrogens (tertiary/aromatic N) is 3. The summed E-state index contributed by atoms with van der Waals surface area (Å²) in [7, 11) is 0. The molecule has 0 aliphatic heterocycles. The third-order valence-corrected chi connectivity index (χ3v) is 5.95. The first kappa shape index (κ1) is 22.2. The number of hydrogen-bond acceptors (Lipinski definition) is 7. The van der Waals surface area contributed by atoms with Gasteiger partial charge in [-0.15, -0.1) is 28.1 Å².